The Morgan fingerprint density at radius 3 is 2.22 bits per heavy atom. The largest absolute Gasteiger partial charge is 0.371 e. The molecule has 12 heteroatoms. The Hall–Kier alpha value is -3.46. The van der Waals surface area contributed by atoms with Gasteiger partial charge in [-0.2, -0.15) is 4.98 Å². The van der Waals surface area contributed by atoms with Crippen molar-refractivity contribution in [1.82, 2.24) is 9.97 Å². The highest BCUT2D eigenvalue weighted by atomic mass is 32.2. The third-order valence-corrected chi connectivity index (χ3v) is 11.0. The molecule has 1 aromatic heterocycles. The van der Waals surface area contributed by atoms with Crippen LogP contribution in [0.4, 0.5) is 31.9 Å². The van der Waals surface area contributed by atoms with Gasteiger partial charge in [-0.3, -0.25) is 9.52 Å². The number of anilines is 4. The van der Waals surface area contributed by atoms with E-state index >= 15 is 0 Å². The summed E-state index contributed by atoms with van der Waals surface area (Å²) in [5.74, 6) is -0.105. The lowest BCUT2D eigenvalue weighted by Gasteiger charge is -2.35. The molecule has 41 heavy (non-hydrogen) atoms. The van der Waals surface area contributed by atoms with Gasteiger partial charge < -0.3 is 15.1 Å². The van der Waals surface area contributed by atoms with Crippen molar-refractivity contribution >= 4 is 39.1 Å². The maximum absolute atomic E-state index is 13.7. The summed E-state index contributed by atoms with van der Waals surface area (Å²) in [6.07, 6.45) is 10.3. The summed E-state index contributed by atoms with van der Waals surface area (Å²) in [6, 6.07) is 6.52. The van der Waals surface area contributed by atoms with Gasteiger partial charge in [0.2, 0.25) is 16.0 Å². The van der Waals surface area contributed by atoms with Crippen LogP contribution in [0, 0.1) is 24.7 Å². The Morgan fingerprint density at radius 1 is 0.951 bits per heavy atom. The molecule has 2 aliphatic carbocycles. The highest BCUT2D eigenvalue weighted by Gasteiger charge is 2.53. The van der Waals surface area contributed by atoms with Crippen LogP contribution in [0.1, 0.15) is 67.4 Å². The Balaban J connectivity index is 1.26. The van der Waals surface area contributed by atoms with Gasteiger partial charge in [-0.1, -0.05) is 5.92 Å². The van der Waals surface area contributed by atoms with Crippen LogP contribution in [0.25, 0.3) is 0 Å². The van der Waals surface area contributed by atoms with E-state index in [1.807, 2.05) is 0 Å². The van der Waals surface area contributed by atoms with Gasteiger partial charge in [0.25, 0.3) is 11.8 Å². The van der Waals surface area contributed by atoms with E-state index in [2.05, 4.69) is 30.8 Å². The number of rotatable bonds is 7. The van der Waals surface area contributed by atoms with E-state index in [0.29, 0.717) is 46.8 Å². The standard InChI is InChI=1S/C29H34F2N6O3S/c1-3-28(8-9-28)41(39,40)35-21-4-5-22(23(19-21)36-14-10-27(6-7-27)11-15-36)25(38)33-24-18-20(2)32-26(34-24)37-16-12-29(30,31)13-17-37/h1,4-5,18-19,35H,6-17H2,2H3,(H,32,33,34,38). The van der Waals surface area contributed by atoms with Gasteiger partial charge in [-0.25, -0.2) is 22.2 Å². The van der Waals surface area contributed by atoms with E-state index in [1.165, 1.54) is 12.8 Å². The number of halogens is 2. The van der Waals surface area contributed by atoms with Crippen LogP contribution >= 0.6 is 0 Å². The van der Waals surface area contributed by atoms with Crippen LogP contribution in [-0.2, 0) is 10.0 Å². The number of carbonyl (C=O) groups is 1. The zero-order chi connectivity index (χ0) is 29.0. The molecule has 0 bridgehead atoms. The predicted octanol–water partition coefficient (Wildman–Crippen LogP) is 4.56. The monoisotopic (exact) mass is 584 g/mol. The molecule has 6 rings (SSSR count). The smallest absolute Gasteiger partial charge is 0.258 e. The zero-order valence-electron chi connectivity index (χ0n) is 23.0. The maximum atomic E-state index is 13.7. The van der Waals surface area contributed by atoms with Gasteiger partial charge in [0.1, 0.15) is 5.82 Å². The second-order valence-electron chi connectivity index (χ2n) is 12.0. The number of sulfonamides is 1. The van der Waals surface area contributed by atoms with Gasteiger partial charge in [0, 0.05) is 50.8 Å². The van der Waals surface area contributed by atoms with Crippen molar-refractivity contribution in [1.29, 1.82) is 0 Å². The van der Waals surface area contributed by atoms with E-state index in [9.17, 15) is 22.0 Å². The van der Waals surface area contributed by atoms with E-state index in [0.717, 1.165) is 25.9 Å². The van der Waals surface area contributed by atoms with Crippen molar-refractivity contribution in [2.45, 2.75) is 69.0 Å². The topological polar surface area (TPSA) is 108 Å². The fraction of sp³-hybridized carbons (Fsp3) is 0.552. The summed E-state index contributed by atoms with van der Waals surface area (Å²) in [5.41, 5.74) is 2.38. The van der Waals surface area contributed by atoms with Gasteiger partial charge in [-0.05, 0) is 69.1 Å². The summed E-state index contributed by atoms with van der Waals surface area (Å²) in [4.78, 5) is 26.3. The van der Waals surface area contributed by atoms with E-state index in [1.54, 1.807) is 36.1 Å². The van der Waals surface area contributed by atoms with Crippen molar-refractivity contribution in [2.24, 2.45) is 5.41 Å². The van der Waals surface area contributed by atoms with Crippen LogP contribution in [0.15, 0.2) is 24.3 Å². The number of terminal acetylenes is 1. The zero-order valence-corrected chi connectivity index (χ0v) is 23.9. The summed E-state index contributed by atoms with van der Waals surface area (Å²) >= 11 is 0. The lowest BCUT2D eigenvalue weighted by atomic mass is 9.93. The minimum Gasteiger partial charge on any atom is -0.371 e. The number of aromatic nitrogens is 2. The number of aryl methyl sites for hydroxylation is 1. The average Bonchev–Trinajstić information content (AvgIpc) is 3.85. The van der Waals surface area contributed by atoms with E-state index < -0.39 is 26.6 Å². The first kappa shape index (κ1) is 27.7. The highest BCUT2D eigenvalue weighted by Crippen LogP contribution is 2.54. The first-order valence-electron chi connectivity index (χ1n) is 14.1. The number of benzene rings is 1. The second kappa shape index (κ2) is 9.82. The summed E-state index contributed by atoms with van der Waals surface area (Å²) < 4.78 is 54.8. The second-order valence-corrected chi connectivity index (χ2v) is 13.9. The SMILES string of the molecule is C#CC1(S(=O)(=O)Nc2ccc(C(=O)Nc3cc(C)nc(N4CCC(F)(F)CC4)n3)c(N3CCC4(CC3)CC4)c2)CC1. The summed E-state index contributed by atoms with van der Waals surface area (Å²) in [6.45, 7) is 3.55. The normalized spacial score (nSPS) is 22.1. The number of carbonyl (C=O) groups excluding carboxylic acids is 1. The molecule has 0 unspecified atom stereocenters. The number of alkyl halides is 2. The minimum atomic E-state index is -3.79. The quantitative estimate of drug-likeness (QED) is 0.460. The molecule has 2 N–H and O–H groups in total. The fourth-order valence-corrected chi connectivity index (χ4v) is 7.21. The molecule has 218 valence electrons. The Kier molecular flexibility index (Phi) is 6.64. The molecule has 2 aliphatic heterocycles. The Labute approximate surface area is 239 Å². The van der Waals surface area contributed by atoms with Crippen LogP contribution in [0.3, 0.4) is 0 Å². The Morgan fingerprint density at radius 2 is 1.61 bits per heavy atom. The fourth-order valence-electron chi connectivity index (χ4n) is 5.78. The number of amides is 1. The third-order valence-electron chi connectivity index (χ3n) is 8.96. The Bertz CT molecular complexity index is 1510. The van der Waals surface area contributed by atoms with Crippen LogP contribution in [0.2, 0.25) is 0 Å². The maximum Gasteiger partial charge on any atom is 0.258 e. The molecule has 4 fully saturated rings. The van der Waals surface area contributed by atoms with E-state index in [-0.39, 0.29) is 31.7 Å². The molecule has 1 aromatic carbocycles. The number of hydrogen-bond donors (Lipinski definition) is 2. The molecule has 0 radical (unpaired) electrons. The molecule has 4 aliphatic rings. The van der Waals surface area contributed by atoms with Gasteiger partial charge in [-0.15, -0.1) is 6.42 Å². The van der Waals surface area contributed by atoms with Crippen LogP contribution in [0.5, 0.6) is 0 Å². The van der Waals surface area contributed by atoms with Crippen LogP contribution in [-0.4, -0.2) is 61.1 Å². The molecule has 1 amide bonds. The lowest BCUT2D eigenvalue weighted by molar-refractivity contribution is -0.0222. The first-order valence-corrected chi connectivity index (χ1v) is 15.6. The molecule has 2 saturated heterocycles. The average molecular weight is 585 g/mol. The summed E-state index contributed by atoms with van der Waals surface area (Å²) in [5, 5.41) is 2.86. The molecule has 2 aromatic rings. The number of hydrogen-bond acceptors (Lipinski definition) is 7. The lowest BCUT2D eigenvalue weighted by Crippen LogP contribution is -2.40. The molecule has 1 spiro atoms. The van der Waals surface area contributed by atoms with Gasteiger partial charge in [0.15, 0.2) is 4.75 Å². The molecular weight excluding hydrogens is 550 g/mol. The summed E-state index contributed by atoms with van der Waals surface area (Å²) in [7, 11) is -3.79. The number of piperidine rings is 2. The van der Waals surface area contributed by atoms with Gasteiger partial charge >= 0.3 is 0 Å². The third kappa shape index (κ3) is 5.56. The van der Waals surface area contributed by atoms with Gasteiger partial charge in [0.05, 0.1) is 16.9 Å². The van der Waals surface area contributed by atoms with E-state index in [4.69, 9.17) is 6.42 Å². The first-order chi connectivity index (χ1) is 19.4. The molecular formula is C29H34F2N6O3S. The van der Waals surface area contributed by atoms with Crippen molar-refractivity contribution in [3.8, 4) is 12.3 Å². The minimum absolute atomic E-state index is 0.128. The molecule has 2 saturated carbocycles. The molecule has 9 nitrogen and oxygen atoms in total. The molecule has 0 atom stereocenters. The van der Waals surface area contributed by atoms with Crippen molar-refractivity contribution in [2.75, 3.05) is 46.0 Å². The van der Waals surface area contributed by atoms with Crippen LogP contribution < -0.4 is 19.8 Å². The molecule has 3 heterocycles. The highest BCUT2D eigenvalue weighted by molar-refractivity contribution is 7.94. The predicted molar refractivity (Wildman–Crippen MR) is 154 cm³/mol. The number of nitrogens with zero attached hydrogens (tertiary/aromatic N) is 4. The van der Waals surface area contributed by atoms with Crippen molar-refractivity contribution in [3.63, 3.8) is 0 Å². The van der Waals surface area contributed by atoms with Crippen molar-refractivity contribution < 1.29 is 22.0 Å². The number of nitrogens with one attached hydrogen (secondary N) is 2. The van der Waals surface area contributed by atoms with Crippen molar-refractivity contribution in [3.05, 3.63) is 35.5 Å².